The average Bonchev–Trinajstić information content (AvgIpc) is 2.70. The smallest absolute Gasteiger partial charge is 0.462 e. The predicted octanol–water partition coefficient (Wildman–Crippen LogP) is 5.61. The first kappa shape index (κ1) is 25.0. The molecular formula is C22H27F3O5S. The molecule has 0 unspecified atom stereocenters. The molecule has 1 aromatic carbocycles. The molecule has 1 aliphatic rings. The zero-order chi connectivity index (χ0) is 23.5. The molecule has 0 heterocycles. The number of hydrogen-bond acceptors (Lipinski definition) is 5. The number of carbonyl (C=O) groups excluding carboxylic acids is 1. The van der Waals surface area contributed by atoms with Crippen LogP contribution in [0.2, 0.25) is 0 Å². The molecule has 0 saturated heterocycles. The number of halogens is 3. The lowest BCUT2D eigenvalue weighted by molar-refractivity contribution is -0.0545. The Balaban J connectivity index is 2.19. The first-order valence-electron chi connectivity index (χ1n) is 9.84. The van der Waals surface area contributed by atoms with Gasteiger partial charge in [-0.25, -0.2) is 4.79 Å². The molecule has 2 rings (SSSR count). The van der Waals surface area contributed by atoms with Crippen LogP contribution in [0.5, 0.6) is 0 Å². The lowest BCUT2D eigenvalue weighted by atomic mass is 9.63. The number of esters is 1. The van der Waals surface area contributed by atoms with Gasteiger partial charge in [-0.2, -0.15) is 21.6 Å². The van der Waals surface area contributed by atoms with Crippen LogP contribution >= 0.6 is 0 Å². The van der Waals surface area contributed by atoms with Gasteiger partial charge in [0.1, 0.15) is 5.76 Å². The SMILES string of the molecule is C=C[C@]1(C)C=C(OS(=O)(=O)C(F)(F)F)[C@](C)([C@H](C)CCOC(=O)c2ccccc2)CC1. The normalized spacial score (nSPS) is 25.3. The fourth-order valence-corrected chi connectivity index (χ4v) is 4.00. The summed E-state index contributed by atoms with van der Waals surface area (Å²) in [6.45, 7) is 8.90. The van der Waals surface area contributed by atoms with Crippen LogP contribution in [-0.2, 0) is 19.0 Å². The Kier molecular flexibility index (Phi) is 7.30. The Bertz CT molecular complexity index is 940. The molecule has 0 saturated carbocycles. The molecule has 9 heteroatoms. The van der Waals surface area contributed by atoms with E-state index in [2.05, 4.69) is 10.8 Å². The van der Waals surface area contributed by atoms with Crippen LogP contribution < -0.4 is 0 Å². The Labute approximate surface area is 181 Å². The number of carbonyl (C=O) groups is 1. The molecule has 0 radical (unpaired) electrons. The number of rotatable bonds is 8. The minimum Gasteiger partial charge on any atom is -0.462 e. The highest BCUT2D eigenvalue weighted by molar-refractivity contribution is 7.87. The molecule has 0 fully saturated rings. The quantitative estimate of drug-likeness (QED) is 0.218. The van der Waals surface area contributed by atoms with E-state index in [1.54, 1.807) is 57.2 Å². The minimum absolute atomic E-state index is 0.0303. The van der Waals surface area contributed by atoms with Crippen LogP contribution in [0.25, 0.3) is 0 Å². The zero-order valence-corrected chi connectivity index (χ0v) is 18.6. The van der Waals surface area contributed by atoms with Gasteiger partial charge in [-0.1, -0.05) is 45.0 Å². The highest BCUT2D eigenvalue weighted by Crippen LogP contribution is 2.51. The third kappa shape index (κ3) is 5.70. The van der Waals surface area contributed by atoms with E-state index in [1.165, 1.54) is 6.08 Å². The van der Waals surface area contributed by atoms with Crippen molar-refractivity contribution in [2.45, 2.75) is 45.5 Å². The molecule has 1 aromatic rings. The minimum atomic E-state index is -5.82. The van der Waals surface area contributed by atoms with Gasteiger partial charge in [0.15, 0.2) is 0 Å². The fourth-order valence-electron chi connectivity index (χ4n) is 3.43. The molecule has 0 N–H and O–H groups in total. The summed E-state index contributed by atoms with van der Waals surface area (Å²) in [7, 11) is -5.82. The van der Waals surface area contributed by atoms with Crippen LogP contribution in [0.15, 0.2) is 54.8 Å². The third-order valence-corrected chi connectivity index (χ3v) is 7.00. The molecule has 5 nitrogen and oxygen atoms in total. The summed E-state index contributed by atoms with van der Waals surface area (Å²) < 4.78 is 72.2. The lowest BCUT2D eigenvalue weighted by Crippen LogP contribution is -2.38. The van der Waals surface area contributed by atoms with Crippen LogP contribution in [0.3, 0.4) is 0 Å². The summed E-state index contributed by atoms with van der Waals surface area (Å²) in [5, 5.41) is 0. The van der Waals surface area contributed by atoms with Gasteiger partial charge in [-0.3, -0.25) is 0 Å². The first-order chi connectivity index (χ1) is 14.2. The van der Waals surface area contributed by atoms with Crippen molar-refractivity contribution in [1.82, 2.24) is 0 Å². The monoisotopic (exact) mass is 460 g/mol. The molecule has 0 aromatic heterocycles. The second kappa shape index (κ2) is 9.06. The highest BCUT2D eigenvalue weighted by atomic mass is 32.2. The van der Waals surface area contributed by atoms with Gasteiger partial charge in [-0.05, 0) is 43.4 Å². The van der Waals surface area contributed by atoms with E-state index >= 15 is 0 Å². The summed E-state index contributed by atoms with van der Waals surface area (Å²) in [5.41, 5.74) is -6.85. The third-order valence-electron chi connectivity index (χ3n) is 6.04. The van der Waals surface area contributed by atoms with Gasteiger partial charge in [0, 0.05) is 10.8 Å². The van der Waals surface area contributed by atoms with E-state index < -0.39 is 32.4 Å². The Morgan fingerprint density at radius 3 is 2.39 bits per heavy atom. The maximum Gasteiger partial charge on any atom is 0.534 e. The van der Waals surface area contributed by atoms with Crippen molar-refractivity contribution in [2.24, 2.45) is 16.7 Å². The molecule has 1 aliphatic carbocycles. The van der Waals surface area contributed by atoms with Crippen LogP contribution in [-0.4, -0.2) is 26.5 Å². The summed E-state index contributed by atoms with van der Waals surface area (Å²) in [6, 6.07) is 8.40. The largest absolute Gasteiger partial charge is 0.534 e. The van der Waals surface area contributed by atoms with Gasteiger partial charge >= 0.3 is 21.6 Å². The maximum atomic E-state index is 13.0. The number of allylic oxidation sites excluding steroid dienone is 3. The zero-order valence-electron chi connectivity index (χ0n) is 17.7. The molecule has 172 valence electrons. The Morgan fingerprint density at radius 2 is 1.84 bits per heavy atom. The van der Waals surface area contributed by atoms with Gasteiger partial charge < -0.3 is 8.92 Å². The van der Waals surface area contributed by atoms with Crippen molar-refractivity contribution in [1.29, 1.82) is 0 Å². The molecule has 31 heavy (non-hydrogen) atoms. The number of alkyl halides is 3. The topological polar surface area (TPSA) is 69.7 Å². The summed E-state index contributed by atoms with van der Waals surface area (Å²) >= 11 is 0. The number of benzene rings is 1. The first-order valence-corrected chi connectivity index (χ1v) is 11.2. The average molecular weight is 461 g/mol. The van der Waals surface area contributed by atoms with Crippen molar-refractivity contribution >= 4 is 16.1 Å². The van der Waals surface area contributed by atoms with Crippen molar-refractivity contribution in [2.75, 3.05) is 6.61 Å². The summed E-state index contributed by atoms with van der Waals surface area (Å²) in [4.78, 5) is 12.1. The maximum absolute atomic E-state index is 13.0. The van der Waals surface area contributed by atoms with E-state index in [0.29, 0.717) is 24.8 Å². The molecule has 0 bridgehead atoms. The van der Waals surface area contributed by atoms with Crippen LogP contribution in [0.4, 0.5) is 13.2 Å². The second-order valence-corrected chi connectivity index (χ2v) is 9.85. The Hall–Kier alpha value is -2.29. The molecule has 0 amide bonds. The van der Waals surface area contributed by atoms with Crippen molar-refractivity contribution in [3.8, 4) is 0 Å². The predicted molar refractivity (Wildman–Crippen MR) is 110 cm³/mol. The van der Waals surface area contributed by atoms with Gasteiger partial charge in [0.05, 0.1) is 12.2 Å². The fraction of sp³-hybridized carbons (Fsp3) is 0.500. The Morgan fingerprint density at radius 1 is 1.23 bits per heavy atom. The van der Waals surface area contributed by atoms with Gasteiger partial charge in [0.25, 0.3) is 0 Å². The van der Waals surface area contributed by atoms with E-state index in [0.717, 1.165) is 0 Å². The number of ether oxygens (including phenoxy) is 1. The summed E-state index contributed by atoms with van der Waals surface area (Å²) in [5.74, 6) is -1.10. The lowest BCUT2D eigenvalue weighted by Gasteiger charge is -2.43. The molecular weight excluding hydrogens is 433 g/mol. The van der Waals surface area contributed by atoms with Crippen LogP contribution in [0.1, 0.15) is 50.4 Å². The van der Waals surface area contributed by atoms with E-state index in [9.17, 15) is 26.4 Å². The molecule has 3 atom stereocenters. The van der Waals surface area contributed by atoms with Gasteiger partial charge in [0.2, 0.25) is 0 Å². The van der Waals surface area contributed by atoms with Crippen molar-refractivity contribution < 1.29 is 35.3 Å². The summed E-state index contributed by atoms with van der Waals surface area (Å²) in [6.07, 6.45) is 4.21. The van der Waals surface area contributed by atoms with Gasteiger partial charge in [-0.15, -0.1) is 6.58 Å². The molecule has 0 spiro atoms. The number of hydrogen-bond donors (Lipinski definition) is 0. The van der Waals surface area contributed by atoms with E-state index in [1.807, 2.05) is 0 Å². The van der Waals surface area contributed by atoms with E-state index in [-0.39, 0.29) is 18.3 Å². The highest BCUT2D eigenvalue weighted by Gasteiger charge is 2.52. The van der Waals surface area contributed by atoms with E-state index in [4.69, 9.17) is 4.74 Å². The van der Waals surface area contributed by atoms with Crippen molar-refractivity contribution in [3.63, 3.8) is 0 Å². The standard InChI is InChI=1S/C22H27F3O5S/c1-5-20(3)12-13-21(4,18(15-20)30-31(27,28)22(23,24)25)16(2)11-14-29-19(26)17-9-7-6-8-10-17/h5-10,15-16H,1,11-14H2,2-4H3/t16-,20+,21+/m1/s1. The van der Waals surface area contributed by atoms with Crippen molar-refractivity contribution in [3.05, 3.63) is 60.4 Å². The van der Waals surface area contributed by atoms with Crippen LogP contribution in [0, 0.1) is 16.7 Å². The molecule has 0 aliphatic heterocycles. The second-order valence-electron chi connectivity index (χ2n) is 8.31.